The molecule has 0 heterocycles. The van der Waals surface area contributed by atoms with Crippen molar-refractivity contribution in [1.29, 1.82) is 0 Å². The molecule has 5 heteroatoms. The SMILES string of the molecule is CC(C)C(=O)c1ccc(C(C)C(=O)N[C@H](C(=O)O)C(C)C)cc1. The fraction of sp³-hybridized carbons (Fsp3) is 0.500. The number of carbonyl (C=O) groups excluding carboxylic acids is 2. The van der Waals surface area contributed by atoms with Crippen LogP contribution in [0.5, 0.6) is 0 Å². The van der Waals surface area contributed by atoms with E-state index in [0.29, 0.717) is 5.56 Å². The second kappa shape index (κ2) is 7.90. The average Bonchev–Trinajstić information content (AvgIpc) is 2.50. The van der Waals surface area contributed by atoms with E-state index in [1.165, 1.54) is 0 Å². The zero-order valence-corrected chi connectivity index (χ0v) is 14.3. The van der Waals surface area contributed by atoms with Crippen LogP contribution < -0.4 is 5.32 Å². The first-order valence-electron chi connectivity index (χ1n) is 7.82. The van der Waals surface area contributed by atoms with Gasteiger partial charge in [0, 0.05) is 11.5 Å². The van der Waals surface area contributed by atoms with Gasteiger partial charge in [0.1, 0.15) is 6.04 Å². The first kappa shape index (κ1) is 18.9. The third-order valence-electron chi connectivity index (χ3n) is 3.84. The Morgan fingerprint density at radius 1 is 0.957 bits per heavy atom. The molecule has 1 amide bonds. The molecule has 0 aromatic heterocycles. The maximum absolute atomic E-state index is 12.2. The van der Waals surface area contributed by atoms with Crippen LogP contribution in [0.25, 0.3) is 0 Å². The molecule has 1 aromatic carbocycles. The molecule has 126 valence electrons. The molecule has 1 aromatic rings. The summed E-state index contributed by atoms with van der Waals surface area (Å²) in [5, 5.41) is 11.7. The standard InChI is InChI=1S/C18H25NO4/c1-10(2)15(18(22)23)19-17(21)12(5)13-6-8-14(9-7-13)16(20)11(3)4/h6-12,15H,1-5H3,(H,19,21)(H,22,23)/t12?,15-/m0/s1. The smallest absolute Gasteiger partial charge is 0.326 e. The fourth-order valence-electron chi connectivity index (χ4n) is 2.21. The lowest BCUT2D eigenvalue weighted by molar-refractivity contribution is -0.143. The predicted molar refractivity (Wildman–Crippen MR) is 88.4 cm³/mol. The van der Waals surface area contributed by atoms with E-state index >= 15 is 0 Å². The van der Waals surface area contributed by atoms with E-state index in [4.69, 9.17) is 5.11 Å². The van der Waals surface area contributed by atoms with Crippen molar-refractivity contribution in [2.24, 2.45) is 11.8 Å². The Hall–Kier alpha value is -2.17. The number of benzene rings is 1. The number of carbonyl (C=O) groups is 3. The number of nitrogens with one attached hydrogen (secondary N) is 1. The monoisotopic (exact) mass is 319 g/mol. The number of carboxylic acid groups (broad SMARTS) is 1. The lowest BCUT2D eigenvalue weighted by Crippen LogP contribution is -2.45. The van der Waals surface area contributed by atoms with Gasteiger partial charge in [-0.25, -0.2) is 4.79 Å². The minimum atomic E-state index is -1.04. The number of rotatable bonds is 7. The van der Waals surface area contributed by atoms with Crippen molar-refractivity contribution in [2.45, 2.75) is 46.6 Å². The van der Waals surface area contributed by atoms with Gasteiger partial charge in [0.05, 0.1) is 5.92 Å². The average molecular weight is 319 g/mol. The number of ketones is 1. The molecule has 0 saturated heterocycles. The van der Waals surface area contributed by atoms with Gasteiger partial charge in [0.2, 0.25) is 5.91 Å². The molecule has 0 bridgehead atoms. The summed E-state index contributed by atoms with van der Waals surface area (Å²) >= 11 is 0. The minimum Gasteiger partial charge on any atom is -0.480 e. The van der Waals surface area contributed by atoms with Crippen molar-refractivity contribution in [3.05, 3.63) is 35.4 Å². The highest BCUT2D eigenvalue weighted by atomic mass is 16.4. The van der Waals surface area contributed by atoms with Crippen molar-refractivity contribution in [2.75, 3.05) is 0 Å². The zero-order chi connectivity index (χ0) is 17.7. The molecular formula is C18H25NO4. The first-order valence-corrected chi connectivity index (χ1v) is 7.82. The Bertz CT molecular complexity index is 575. The summed E-state index contributed by atoms with van der Waals surface area (Å²) in [4.78, 5) is 35.3. The molecule has 0 aliphatic carbocycles. The molecule has 1 unspecified atom stereocenters. The summed E-state index contributed by atoms with van der Waals surface area (Å²) in [5.74, 6) is -2.09. The van der Waals surface area contributed by atoms with Crippen LogP contribution in [0.1, 0.15) is 56.5 Å². The van der Waals surface area contributed by atoms with Crippen molar-refractivity contribution >= 4 is 17.7 Å². The Kier molecular flexibility index (Phi) is 6.49. The van der Waals surface area contributed by atoms with E-state index in [2.05, 4.69) is 5.32 Å². The van der Waals surface area contributed by atoms with E-state index in [1.54, 1.807) is 45.0 Å². The minimum absolute atomic E-state index is 0.0550. The molecule has 1 rings (SSSR count). The molecule has 2 N–H and O–H groups in total. The topological polar surface area (TPSA) is 83.5 Å². The maximum Gasteiger partial charge on any atom is 0.326 e. The van der Waals surface area contributed by atoms with E-state index in [-0.39, 0.29) is 23.5 Å². The second-order valence-electron chi connectivity index (χ2n) is 6.43. The fourth-order valence-corrected chi connectivity index (χ4v) is 2.21. The van der Waals surface area contributed by atoms with Gasteiger partial charge in [-0.05, 0) is 18.4 Å². The lowest BCUT2D eigenvalue weighted by atomic mass is 9.95. The van der Waals surface area contributed by atoms with E-state index in [1.807, 2.05) is 13.8 Å². The first-order chi connectivity index (χ1) is 10.6. The molecule has 23 heavy (non-hydrogen) atoms. The highest BCUT2D eigenvalue weighted by Gasteiger charge is 2.26. The number of amides is 1. The van der Waals surface area contributed by atoms with E-state index < -0.39 is 17.9 Å². The maximum atomic E-state index is 12.2. The molecule has 5 nitrogen and oxygen atoms in total. The van der Waals surface area contributed by atoms with Gasteiger partial charge in [-0.2, -0.15) is 0 Å². The van der Waals surface area contributed by atoms with Gasteiger partial charge < -0.3 is 10.4 Å². The summed E-state index contributed by atoms with van der Waals surface area (Å²) in [5.41, 5.74) is 1.36. The van der Waals surface area contributed by atoms with Gasteiger partial charge in [-0.15, -0.1) is 0 Å². The van der Waals surface area contributed by atoms with Crippen LogP contribution >= 0.6 is 0 Å². The van der Waals surface area contributed by atoms with Gasteiger partial charge in [-0.3, -0.25) is 9.59 Å². The summed E-state index contributed by atoms with van der Waals surface area (Å²) in [6.07, 6.45) is 0. The highest BCUT2D eigenvalue weighted by molar-refractivity contribution is 5.97. The number of hydrogen-bond acceptors (Lipinski definition) is 3. The van der Waals surface area contributed by atoms with Crippen LogP contribution in [0.3, 0.4) is 0 Å². The molecule has 2 atom stereocenters. The van der Waals surface area contributed by atoms with Crippen molar-refractivity contribution in [3.63, 3.8) is 0 Å². The Morgan fingerprint density at radius 2 is 1.48 bits per heavy atom. The Balaban J connectivity index is 2.84. The van der Waals surface area contributed by atoms with Gasteiger partial charge >= 0.3 is 5.97 Å². The molecule has 0 aliphatic heterocycles. The van der Waals surface area contributed by atoms with Crippen molar-refractivity contribution in [1.82, 2.24) is 5.32 Å². The normalized spacial score (nSPS) is 13.7. The second-order valence-corrected chi connectivity index (χ2v) is 6.43. The molecular weight excluding hydrogens is 294 g/mol. The summed E-state index contributed by atoms with van der Waals surface area (Å²) in [7, 11) is 0. The Morgan fingerprint density at radius 3 is 1.87 bits per heavy atom. The number of aliphatic carboxylic acids is 1. The van der Waals surface area contributed by atoms with Crippen LogP contribution in [-0.4, -0.2) is 28.8 Å². The predicted octanol–water partition coefficient (Wildman–Crippen LogP) is 2.85. The molecule has 0 aliphatic rings. The lowest BCUT2D eigenvalue weighted by Gasteiger charge is -2.20. The summed E-state index contributed by atoms with van der Waals surface area (Å²) in [6.45, 7) is 8.88. The quantitative estimate of drug-likeness (QED) is 0.757. The van der Waals surface area contributed by atoms with Crippen LogP contribution in [0.15, 0.2) is 24.3 Å². The summed E-state index contributed by atoms with van der Waals surface area (Å²) < 4.78 is 0. The number of carboxylic acids is 1. The van der Waals surface area contributed by atoms with Crippen LogP contribution in [0, 0.1) is 11.8 Å². The van der Waals surface area contributed by atoms with Crippen LogP contribution in [0.2, 0.25) is 0 Å². The van der Waals surface area contributed by atoms with Crippen molar-refractivity contribution < 1.29 is 19.5 Å². The van der Waals surface area contributed by atoms with Gasteiger partial charge in [0.25, 0.3) is 0 Å². The molecule has 0 saturated carbocycles. The van der Waals surface area contributed by atoms with Crippen LogP contribution in [-0.2, 0) is 9.59 Å². The molecule has 0 spiro atoms. The Labute approximate surface area is 137 Å². The third-order valence-corrected chi connectivity index (χ3v) is 3.84. The third kappa shape index (κ3) is 4.91. The van der Waals surface area contributed by atoms with Crippen LogP contribution in [0.4, 0.5) is 0 Å². The number of Topliss-reactive ketones (excluding diaryl/α,β-unsaturated/α-hetero) is 1. The van der Waals surface area contributed by atoms with E-state index in [9.17, 15) is 14.4 Å². The molecule has 0 fully saturated rings. The summed E-state index contributed by atoms with van der Waals surface area (Å²) in [6, 6.07) is 5.99. The highest BCUT2D eigenvalue weighted by Crippen LogP contribution is 2.18. The molecule has 0 radical (unpaired) electrons. The number of hydrogen-bond donors (Lipinski definition) is 2. The van der Waals surface area contributed by atoms with E-state index in [0.717, 1.165) is 5.56 Å². The van der Waals surface area contributed by atoms with Gasteiger partial charge in [0.15, 0.2) is 5.78 Å². The zero-order valence-electron chi connectivity index (χ0n) is 14.3. The van der Waals surface area contributed by atoms with Gasteiger partial charge in [-0.1, -0.05) is 52.0 Å². The van der Waals surface area contributed by atoms with Crippen molar-refractivity contribution in [3.8, 4) is 0 Å². The largest absolute Gasteiger partial charge is 0.480 e.